The highest BCUT2D eigenvalue weighted by Gasteiger charge is 2.30. The third kappa shape index (κ3) is 2.45. The molecule has 0 spiro atoms. The van der Waals surface area contributed by atoms with Crippen molar-refractivity contribution >= 4 is 0 Å². The second-order valence-corrected chi connectivity index (χ2v) is 4.32. The van der Waals surface area contributed by atoms with E-state index >= 15 is 0 Å². The Morgan fingerprint density at radius 1 is 1.71 bits per heavy atom. The fraction of sp³-hybridized carbons (Fsp3) is 0.750. The molecule has 2 unspecified atom stereocenters. The van der Waals surface area contributed by atoms with Gasteiger partial charge in [0.1, 0.15) is 11.8 Å². The first kappa shape index (κ1) is 12.4. The van der Waals surface area contributed by atoms with E-state index in [1.54, 1.807) is 13.3 Å². The average Bonchev–Trinajstić information content (AvgIpc) is 2.97. The summed E-state index contributed by atoms with van der Waals surface area (Å²) in [5.74, 6) is 0.640. The minimum Gasteiger partial charge on any atom is -0.493 e. The molecule has 1 aliphatic heterocycles. The summed E-state index contributed by atoms with van der Waals surface area (Å²) in [6.07, 6.45) is 3.74. The number of hydrogen-bond acceptors (Lipinski definition) is 4. The second kappa shape index (κ2) is 5.51. The minimum atomic E-state index is -0.651. The summed E-state index contributed by atoms with van der Waals surface area (Å²) in [5.41, 5.74) is 0.737. The molecule has 0 amide bonds. The molecule has 0 aromatic carbocycles. The Bertz CT molecular complexity index is 359. The van der Waals surface area contributed by atoms with Crippen LogP contribution in [0.5, 0.6) is 5.75 Å². The molecule has 1 fully saturated rings. The Morgan fingerprint density at radius 3 is 3.12 bits per heavy atom. The van der Waals surface area contributed by atoms with Crippen LogP contribution in [-0.2, 0) is 11.3 Å². The summed E-state index contributed by atoms with van der Waals surface area (Å²) >= 11 is 0. The zero-order chi connectivity index (χ0) is 12.3. The van der Waals surface area contributed by atoms with Gasteiger partial charge in [-0.1, -0.05) is 6.92 Å². The number of methoxy groups -OCH3 is 1. The van der Waals surface area contributed by atoms with Crippen molar-refractivity contribution in [2.24, 2.45) is 0 Å². The van der Waals surface area contributed by atoms with E-state index in [9.17, 15) is 5.11 Å². The summed E-state index contributed by atoms with van der Waals surface area (Å²) in [6.45, 7) is 3.59. The van der Waals surface area contributed by atoms with E-state index in [1.807, 2.05) is 4.68 Å². The second-order valence-electron chi connectivity index (χ2n) is 4.32. The largest absolute Gasteiger partial charge is 0.493 e. The predicted molar refractivity (Wildman–Crippen MR) is 63.0 cm³/mol. The summed E-state index contributed by atoms with van der Waals surface area (Å²) < 4.78 is 12.6. The number of aromatic nitrogens is 2. The van der Waals surface area contributed by atoms with Gasteiger partial charge in [0.25, 0.3) is 0 Å². The Hall–Kier alpha value is -1.07. The van der Waals surface area contributed by atoms with Crippen molar-refractivity contribution in [3.63, 3.8) is 0 Å². The highest BCUT2D eigenvalue weighted by Crippen LogP contribution is 2.32. The molecule has 1 aromatic heterocycles. The van der Waals surface area contributed by atoms with Gasteiger partial charge >= 0.3 is 0 Å². The van der Waals surface area contributed by atoms with Crippen molar-refractivity contribution in [2.45, 2.75) is 44.9 Å². The maximum absolute atomic E-state index is 10.4. The van der Waals surface area contributed by atoms with E-state index in [0.717, 1.165) is 38.1 Å². The van der Waals surface area contributed by atoms with Gasteiger partial charge in [-0.3, -0.25) is 4.68 Å². The van der Waals surface area contributed by atoms with Gasteiger partial charge in [-0.15, -0.1) is 0 Å². The smallest absolute Gasteiger partial charge is 0.162 e. The van der Waals surface area contributed by atoms with Gasteiger partial charge in [-0.05, 0) is 19.3 Å². The van der Waals surface area contributed by atoms with Crippen LogP contribution >= 0.6 is 0 Å². The van der Waals surface area contributed by atoms with Crippen LogP contribution in [0.2, 0.25) is 0 Å². The van der Waals surface area contributed by atoms with Crippen molar-refractivity contribution in [1.29, 1.82) is 0 Å². The first-order chi connectivity index (χ1) is 8.27. The lowest BCUT2D eigenvalue weighted by molar-refractivity contribution is -0.00808. The van der Waals surface area contributed by atoms with Crippen molar-refractivity contribution < 1.29 is 14.6 Å². The van der Waals surface area contributed by atoms with Gasteiger partial charge in [0.15, 0.2) is 5.75 Å². The molecule has 1 N–H and O–H groups in total. The SMILES string of the molecule is CCCn1ncc(OC)c1C(O)C1CCCO1. The minimum absolute atomic E-state index is 0.129. The Kier molecular flexibility index (Phi) is 4.02. The van der Waals surface area contributed by atoms with Crippen LogP contribution in [-0.4, -0.2) is 34.7 Å². The Labute approximate surface area is 101 Å². The van der Waals surface area contributed by atoms with Gasteiger partial charge in [0, 0.05) is 13.2 Å². The standard InChI is InChI=1S/C12H20N2O3/c1-3-6-14-11(10(16-2)8-13-14)12(15)9-5-4-7-17-9/h8-9,12,15H,3-7H2,1-2H3. The summed E-state index contributed by atoms with van der Waals surface area (Å²) in [6, 6.07) is 0. The zero-order valence-corrected chi connectivity index (χ0v) is 10.4. The Balaban J connectivity index is 2.23. The van der Waals surface area contributed by atoms with Crippen molar-refractivity contribution in [3.05, 3.63) is 11.9 Å². The lowest BCUT2D eigenvalue weighted by atomic mass is 10.1. The lowest BCUT2D eigenvalue weighted by Crippen LogP contribution is -2.21. The number of hydrogen-bond donors (Lipinski definition) is 1. The summed E-state index contributed by atoms with van der Waals surface area (Å²) in [7, 11) is 1.60. The van der Waals surface area contributed by atoms with E-state index in [1.165, 1.54) is 0 Å². The number of rotatable bonds is 5. The molecule has 0 radical (unpaired) electrons. The lowest BCUT2D eigenvalue weighted by Gasteiger charge is -2.19. The van der Waals surface area contributed by atoms with E-state index in [0.29, 0.717) is 5.75 Å². The van der Waals surface area contributed by atoms with Gasteiger partial charge in [0.2, 0.25) is 0 Å². The van der Waals surface area contributed by atoms with Crippen molar-refractivity contribution in [1.82, 2.24) is 9.78 Å². The third-order valence-corrected chi connectivity index (χ3v) is 3.10. The fourth-order valence-corrected chi connectivity index (χ4v) is 2.25. The molecule has 1 aromatic rings. The molecule has 96 valence electrons. The molecule has 0 aliphatic carbocycles. The zero-order valence-electron chi connectivity index (χ0n) is 10.4. The molecule has 17 heavy (non-hydrogen) atoms. The first-order valence-electron chi connectivity index (χ1n) is 6.17. The van der Waals surface area contributed by atoms with Crippen LogP contribution in [0.4, 0.5) is 0 Å². The molecule has 0 bridgehead atoms. The number of ether oxygens (including phenoxy) is 2. The highest BCUT2D eigenvalue weighted by molar-refractivity contribution is 5.28. The molecule has 0 saturated carbocycles. The molecule has 5 heteroatoms. The summed E-state index contributed by atoms with van der Waals surface area (Å²) in [4.78, 5) is 0. The van der Waals surface area contributed by atoms with Crippen LogP contribution in [0.3, 0.4) is 0 Å². The van der Waals surface area contributed by atoms with E-state index in [-0.39, 0.29) is 6.10 Å². The number of aliphatic hydroxyl groups is 1. The summed E-state index contributed by atoms with van der Waals surface area (Å²) in [5, 5.41) is 14.6. The third-order valence-electron chi connectivity index (χ3n) is 3.10. The van der Waals surface area contributed by atoms with E-state index in [4.69, 9.17) is 9.47 Å². The van der Waals surface area contributed by atoms with Crippen molar-refractivity contribution in [2.75, 3.05) is 13.7 Å². The molecule has 2 heterocycles. The molecular weight excluding hydrogens is 220 g/mol. The van der Waals surface area contributed by atoms with E-state index in [2.05, 4.69) is 12.0 Å². The number of aryl methyl sites for hydroxylation is 1. The predicted octanol–water partition coefficient (Wildman–Crippen LogP) is 1.51. The highest BCUT2D eigenvalue weighted by atomic mass is 16.5. The van der Waals surface area contributed by atoms with Gasteiger partial charge in [0.05, 0.1) is 19.4 Å². The number of aliphatic hydroxyl groups excluding tert-OH is 1. The molecule has 1 aliphatic rings. The van der Waals surface area contributed by atoms with E-state index < -0.39 is 6.10 Å². The van der Waals surface area contributed by atoms with Crippen LogP contribution < -0.4 is 4.74 Å². The van der Waals surface area contributed by atoms with Crippen LogP contribution in [0.1, 0.15) is 38.0 Å². The van der Waals surface area contributed by atoms with Gasteiger partial charge in [-0.25, -0.2) is 0 Å². The molecule has 2 rings (SSSR count). The quantitative estimate of drug-likeness (QED) is 0.847. The normalized spacial score (nSPS) is 21.7. The molecule has 5 nitrogen and oxygen atoms in total. The molecule has 1 saturated heterocycles. The maximum atomic E-state index is 10.4. The van der Waals surface area contributed by atoms with Gasteiger partial charge < -0.3 is 14.6 Å². The number of nitrogens with zero attached hydrogens (tertiary/aromatic N) is 2. The molecule has 2 atom stereocenters. The van der Waals surface area contributed by atoms with Crippen LogP contribution in [0.25, 0.3) is 0 Å². The maximum Gasteiger partial charge on any atom is 0.162 e. The Morgan fingerprint density at radius 2 is 2.53 bits per heavy atom. The molecular formula is C12H20N2O3. The van der Waals surface area contributed by atoms with Crippen LogP contribution in [0, 0.1) is 0 Å². The fourth-order valence-electron chi connectivity index (χ4n) is 2.25. The average molecular weight is 240 g/mol. The van der Waals surface area contributed by atoms with Gasteiger partial charge in [-0.2, -0.15) is 5.10 Å². The monoisotopic (exact) mass is 240 g/mol. The topological polar surface area (TPSA) is 56.5 Å². The first-order valence-corrected chi connectivity index (χ1v) is 6.17. The van der Waals surface area contributed by atoms with Crippen molar-refractivity contribution in [3.8, 4) is 5.75 Å². The van der Waals surface area contributed by atoms with Crippen LogP contribution in [0.15, 0.2) is 6.20 Å².